The maximum atomic E-state index is 5.04. The third kappa shape index (κ3) is 1.36. The Labute approximate surface area is 76.3 Å². The first-order chi connectivity index (χ1) is 5.86. The van der Waals surface area contributed by atoms with Crippen LogP contribution in [0.3, 0.4) is 0 Å². The van der Waals surface area contributed by atoms with E-state index in [4.69, 9.17) is 12.2 Å². The van der Waals surface area contributed by atoms with E-state index in [1.807, 2.05) is 30.5 Å². The van der Waals surface area contributed by atoms with Crippen LogP contribution in [0, 0.1) is 0 Å². The van der Waals surface area contributed by atoms with Crippen molar-refractivity contribution in [1.29, 1.82) is 0 Å². The highest BCUT2D eigenvalue weighted by Crippen LogP contribution is 2.14. The highest BCUT2D eigenvalue weighted by Gasteiger charge is 2.04. The number of hydrogen-bond donors (Lipinski definition) is 1. The molecular weight excluding hydrogens is 168 g/mol. The van der Waals surface area contributed by atoms with E-state index < -0.39 is 0 Å². The van der Waals surface area contributed by atoms with E-state index >= 15 is 0 Å². The first kappa shape index (κ1) is 7.43. The number of hydrogen-bond acceptors (Lipinski definition) is 2. The minimum Gasteiger partial charge on any atom is -0.348 e. The van der Waals surface area contributed by atoms with Crippen molar-refractivity contribution in [2.75, 3.05) is 11.9 Å². The maximum Gasteiger partial charge on any atom is 0.101 e. The van der Waals surface area contributed by atoms with Gasteiger partial charge in [0.2, 0.25) is 0 Å². The molecule has 1 aliphatic rings. The van der Waals surface area contributed by atoms with Gasteiger partial charge in [0.15, 0.2) is 0 Å². The number of anilines is 1. The lowest BCUT2D eigenvalue weighted by Crippen LogP contribution is -2.10. The van der Waals surface area contributed by atoms with E-state index in [0.29, 0.717) is 6.54 Å². The number of aliphatic imine (C=N–C) groups is 1. The topological polar surface area (TPSA) is 24.4 Å². The van der Waals surface area contributed by atoms with Gasteiger partial charge in [0.1, 0.15) is 4.99 Å². The number of benzene rings is 1. The molecule has 0 aliphatic carbocycles. The molecule has 0 amide bonds. The number of nitrogens with zero attached hydrogens (tertiary/aromatic N) is 1. The average molecular weight is 176 g/mol. The molecule has 1 aromatic rings. The normalized spacial score (nSPS) is 14.8. The third-order valence-corrected chi connectivity index (χ3v) is 1.93. The predicted octanol–water partition coefficient (Wildman–Crippen LogP) is 1.86. The van der Waals surface area contributed by atoms with Crippen LogP contribution in [0.5, 0.6) is 0 Å². The van der Waals surface area contributed by atoms with Crippen LogP contribution in [0.25, 0.3) is 0 Å². The van der Waals surface area contributed by atoms with Crippen molar-refractivity contribution in [3.05, 3.63) is 29.8 Å². The summed E-state index contributed by atoms with van der Waals surface area (Å²) in [7, 11) is 0. The first-order valence-electron chi connectivity index (χ1n) is 3.75. The fourth-order valence-electron chi connectivity index (χ4n) is 1.14. The standard InChI is InChI=1S/C9H8N2S/c12-9-6-10-5-7-3-1-2-4-8(7)11-9/h1-5H,6H2,(H,11,12). The molecule has 1 heterocycles. The van der Waals surface area contributed by atoms with Crippen molar-refractivity contribution in [2.45, 2.75) is 0 Å². The second-order valence-corrected chi connectivity index (χ2v) is 3.10. The fraction of sp³-hybridized carbons (Fsp3) is 0.111. The summed E-state index contributed by atoms with van der Waals surface area (Å²) < 4.78 is 0. The molecule has 2 rings (SSSR count). The summed E-state index contributed by atoms with van der Waals surface area (Å²) in [6, 6.07) is 7.98. The van der Waals surface area contributed by atoms with E-state index in [-0.39, 0.29) is 0 Å². The SMILES string of the molecule is S=C1CN=Cc2ccccc2N1. The van der Waals surface area contributed by atoms with E-state index in [0.717, 1.165) is 16.2 Å². The van der Waals surface area contributed by atoms with Gasteiger partial charge in [0, 0.05) is 17.5 Å². The van der Waals surface area contributed by atoms with Crippen LogP contribution in [0.1, 0.15) is 5.56 Å². The molecule has 1 aliphatic heterocycles. The van der Waals surface area contributed by atoms with Gasteiger partial charge >= 0.3 is 0 Å². The molecule has 0 atom stereocenters. The van der Waals surface area contributed by atoms with Crippen LogP contribution in [0.15, 0.2) is 29.3 Å². The molecule has 1 N–H and O–H groups in total. The van der Waals surface area contributed by atoms with Crippen molar-refractivity contribution in [2.24, 2.45) is 4.99 Å². The highest BCUT2D eigenvalue weighted by atomic mass is 32.1. The van der Waals surface area contributed by atoms with Gasteiger partial charge in [-0.2, -0.15) is 0 Å². The second-order valence-electron chi connectivity index (χ2n) is 2.61. The number of rotatable bonds is 0. The Kier molecular flexibility index (Phi) is 1.87. The average Bonchev–Trinajstić information content (AvgIpc) is 2.25. The number of fused-ring (bicyclic) bond motifs is 1. The third-order valence-electron chi connectivity index (χ3n) is 1.70. The van der Waals surface area contributed by atoms with Gasteiger partial charge in [-0.25, -0.2) is 0 Å². The van der Waals surface area contributed by atoms with E-state index in [9.17, 15) is 0 Å². The molecule has 0 bridgehead atoms. The Balaban J connectivity index is 2.48. The van der Waals surface area contributed by atoms with E-state index in [1.54, 1.807) is 0 Å². The summed E-state index contributed by atoms with van der Waals surface area (Å²) in [6.45, 7) is 0.587. The van der Waals surface area contributed by atoms with Crippen molar-refractivity contribution >= 4 is 29.1 Å². The number of thiocarbonyl (C=S) groups is 1. The van der Waals surface area contributed by atoms with Crippen LogP contribution in [0.4, 0.5) is 5.69 Å². The largest absolute Gasteiger partial charge is 0.348 e. The molecule has 2 nitrogen and oxygen atoms in total. The molecule has 0 fully saturated rings. The highest BCUT2D eigenvalue weighted by molar-refractivity contribution is 7.80. The summed E-state index contributed by atoms with van der Waals surface area (Å²) in [5.41, 5.74) is 2.14. The van der Waals surface area contributed by atoms with Crippen LogP contribution in [-0.2, 0) is 0 Å². The van der Waals surface area contributed by atoms with Crippen molar-refractivity contribution < 1.29 is 0 Å². The van der Waals surface area contributed by atoms with Crippen molar-refractivity contribution in [1.82, 2.24) is 0 Å². The van der Waals surface area contributed by atoms with Gasteiger partial charge in [-0.05, 0) is 6.07 Å². The zero-order valence-corrected chi connectivity index (χ0v) is 7.27. The molecule has 0 radical (unpaired) electrons. The zero-order valence-electron chi connectivity index (χ0n) is 6.45. The number of benzodiazepines with no additional fused rings is 1. The van der Waals surface area contributed by atoms with Gasteiger partial charge in [0.25, 0.3) is 0 Å². The summed E-state index contributed by atoms with van der Waals surface area (Å²) in [5.74, 6) is 0. The van der Waals surface area contributed by atoms with Crippen LogP contribution >= 0.6 is 12.2 Å². The molecular formula is C9H8N2S. The maximum absolute atomic E-state index is 5.04. The fourth-order valence-corrected chi connectivity index (χ4v) is 1.32. The van der Waals surface area contributed by atoms with Crippen molar-refractivity contribution in [3.63, 3.8) is 0 Å². The minimum atomic E-state index is 0.587. The van der Waals surface area contributed by atoms with Gasteiger partial charge in [-0.15, -0.1) is 0 Å². The number of nitrogens with one attached hydrogen (secondary N) is 1. The quantitative estimate of drug-likeness (QED) is 0.610. The molecule has 60 valence electrons. The smallest absolute Gasteiger partial charge is 0.101 e. The molecule has 1 aromatic carbocycles. The molecule has 12 heavy (non-hydrogen) atoms. The monoisotopic (exact) mass is 176 g/mol. The predicted molar refractivity (Wildman–Crippen MR) is 55.1 cm³/mol. The lowest BCUT2D eigenvalue weighted by Gasteiger charge is -2.04. The summed E-state index contributed by atoms with van der Waals surface area (Å²) in [4.78, 5) is 4.94. The molecule has 3 heteroatoms. The Hall–Kier alpha value is -1.22. The first-order valence-corrected chi connectivity index (χ1v) is 4.16. The van der Waals surface area contributed by atoms with E-state index in [1.165, 1.54) is 0 Å². The van der Waals surface area contributed by atoms with E-state index in [2.05, 4.69) is 10.3 Å². The van der Waals surface area contributed by atoms with Crippen LogP contribution < -0.4 is 5.32 Å². The number of para-hydroxylation sites is 1. The van der Waals surface area contributed by atoms with Gasteiger partial charge in [0.05, 0.1) is 6.54 Å². The molecule has 0 aromatic heterocycles. The Morgan fingerprint density at radius 3 is 3.08 bits per heavy atom. The molecule has 0 spiro atoms. The van der Waals surface area contributed by atoms with Crippen molar-refractivity contribution in [3.8, 4) is 0 Å². The Morgan fingerprint density at radius 2 is 2.17 bits per heavy atom. The molecule has 0 unspecified atom stereocenters. The van der Waals surface area contributed by atoms with Gasteiger partial charge in [-0.3, -0.25) is 4.99 Å². The minimum absolute atomic E-state index is 0.587. The summed E-state index contributed by atoms with van der Waals surface area (Å²) >= 11 is 5.04. The summed E-state index contributed by atoms with van der Waals surface area (Å²) in [5, 5.41) is 3.13. The molecule has 0 saturated carbocycles. The second kappa shape index (κ2) is 3.03. The Bertz CT molecular complexity index is 344. The van der Waals surface area contributed by atoms with Crippen LogP contribution in [-0.4, -0.2) is 17.7 Å². The summed E-state index contributed by atoms with van der Waals surface area (Å²) in [6.07, 6.45) is 1.85. The molecule has 0 saturated heterocycles. The lowest BCUT2D eigenvalue weighted by molar-refractivity contribution is 1.34. The van der Waals surface area contributed by atoms with Crippen LogP contribution in [0.2, 0.25) is 0 Å². The van der Waals surface area contributed by atoms with Gasteiger partial charge in [-0.1, -0.05) is 30.4 Å². The zero-order chi connectivity index (χ0) is 8.39. The lowest BCUT2D eigenvalue weighted by atomic mass is 10.2. The van der Waals surface area contributed by atoms with Gasteiger partial charge < -0.3 is 5.32 Å². The Morgan fingerprint density at radius 1 is 1.33 bits per heavy atom.